The van der Waals surface area contributed by atoms with Crippen LogP contribution in [0.5, 0.6) is 0 Å². The fraction of sp³-hybridized carbons (Fsp3) is 0.438. The number of carboxylic acid groups (broad SMARTS) is 1. The van der Waals surface area contributed by atoms with E-state index in [1.165, 1.54) is 30.2 Å². The van der Waals surface area contributed by atoms with E-state index in [0.29, 0.717) is 12.5 Å². The van der Waals surface area contributed by atoms with Gasteiger partial charge in [0, 0.05) is 12.2 Å². The maximum Gasteiger partial charge on any atom is 0.306 e. The maximum absolute atomic E-state index is 11.1. The van der Waals surface area contributed by atoms with Gasteiger partial charge in [-0.2, -0.15) is 0 Å². The molecule has 0 aliphatic heterocycles. The average molecular weight is 257 g/mol. The molecule has 0 radical (unpaired) electrons. The molecule has 1 N–H and O–H groups in total. The van der Waals surface area contributed by atoms with E-state index < -0.39 is 5.97 Å². The van der Waals surface area contributed by atoms with E-state index in [9.17, 15) is 4.79 Å². The van der Waals surface area contributed by atoms with Crippen molar-refractivity contribution in [3.8, 4) is 0 Å². The van der Waals surface area contributed by atoms with Crippen molar-refractivity contribution in [3.05, 3.63) is 36.0 Å². The zero-order chi connectivity index (χ0) is 13.4. The first kappa shape index (κ1) is 12.3. The molecular formula is C16H19NO2. The molecule has 3 rings (SSSR count). The predicted octanol–water partition coefficient (Wildman–Crippen LogP) is 3.63. The third kappa shape index (κ3) is 2.14. The number of fused-ring (bicyclic) bond motifs is 1. The second-order valence-corrected chi connectivity index (χ2v) is 5.61. The molecule has 0 saturated heterocycles. The van der Waals surface area contributed by atoms with Crippen molar-refractivity contribution in [2.45, 2.75) is 38.6 Å². The van der Waals surface area contributed by atoms with Crippen LogP contribution in [0, 0.1) is 5.92 Å². The Bertz CT molecular complexity index is 610. The van der Waals surface area contributed by atoms with Gasteiger partial charge in [0.15, 0.2) is 0 Å². The molecule has 3 nitrogen and oxygen atoms in total. The van der Waals surface area contributed by atoms with Gasteiger partial charge in [0.05, 0.1) is 11.4 Å². The number of para-hydroxylation sites is 1. The largest absolute Gasteiger partial charge is 0.481 e. The number of aromatic nitrogens is 1. The van der Waals surface area contributed by atoms with Crippen molar-refractivity contribution in [1.29, 1.82) is 0 Å². The quantitative estimate of drug-likeness (QED) is 0.908. The van der Waals surface area contributed by atoms with E-state index in [2.05, 4.69) is 29.0 Å². The molecule has 0 amide bonds. The van der Waals surface area contributed by atoms with Crippen molar-refractivity contribution < 1.29 is 9.90 Å². The molecule has 100 valence electrons. The lowest BCUT2D eigenvalue weighted by Gasteiger charge is -2.28. The molecular weight excluding hydrogens is 238 g/mol. The summed E-state index contributed by atoms with van der Waals surface area (Å²) in [4.78, 5) is 11.1. The van der Waals surface area contributed by atoms with E-state index in [4.69, 9.17) is 5.11 Å². The highest BCUT2D eigenvalue weighted by molar-refractivity contribution is 5.84. The number of carboxylic acids is 1. The Labute approximate surface area is 112 Å². The highest BCUT2D eigenvalue weighted by atomic mass is 16.4. The van der Waals surface area contributed by atoms with Gasteiger partial charge in [0.25, 0.3) is 0 Å². The van der Waals surface area contributed by atoms with Crippen LogP contribution in [0.1, 0.15) is 37.8 Å². The molecule has 0 bridgehead atoms. The monoisotopic (exact) mass is 257 g/mol. The van der Waals surface area contributed by atoms with Gasteiger partial charge in [0.2, 0.25) is 0 Å². The number of carbonyl (C=O) groups is 1. The molecule has 1 fully saturated rings. The van der Waals surface area contributed by atoms with Crippen molar-refractivity contribution in [2.75, 3.05) is 0 Å². The highest BCUT2D eigenvalue weighted by Crippen LogP contribution is 2.36. The van der Waals surface area contributed by atoms with Crippen LogP contribution in [0.25, 0.3) is 10.9 Å². The highest BCUT2D eigenvalue weighted by Gasteiger charge is 2.22. The zero-order valence-electron chi connectivity index (χ0n) is 11.2. The van der Waals surface area contributed by atoms with Crippen LogP contribution in [0.2, 0.25) is 0 Å². The molecule has 0 spiro atoms. The van der Waals surface area contributed by atoms with Crippen LogP contribution >= 0.6 is 0 Å². The van der Waals surface area contributed by atoms with Gasteiger partial charge < -0.3 is 9.67 Å². The smallest absolute Gasteiger partial charge is 0.306 e. The minimum atomic E-state index is -0.723. The molecule has 1 heterocycles. The Morgan fingerprint density at radius 3 is 2.84 bits per heavy atom. The summed E-state index contributed by atoms with van der Waals surface area (Å²) >= 11 is 0. The fourth-order valence-corrected chi connectivity index (χ4v) is 2.85. The molecule has 1 saturated carbocycles. The Morgan fingerprint density at radius 1 is 1.42 bits per heavy atom. The van der Waals surface area contributed by atoms with Crippen molar-refractivity contribution in [2.24, 2.45) is 5.92 Å². The number of aliphatic carboxylic acids is 1. The van der Waals surface area contributed by atoms with Gasteiger partial charge >= 0.3 is 5.97 Å². The predicted molar refractivity (Wildman–Crippen MR) is 75.3 cm³/mol. The molecule has 1 atom stereocenters. The van der Waals surface area contributed by atoms with Crippen LogP contribution in [-0.4, -0.2) is 15.6 Å². The summed E-state index contributed by atoms with van der Waals surface area (Å²) in [6.45, 7) is 1.78. The summed E-state index contributed by atoms with van der Waals surface area (Å²) in [6, 6.07) is 8.95. The topological polar surface area (TPSA) is 42.2 Å². The summed E-state index contributed by atoms with van der Waals surface area (Å²) in [7, 11) is 0. The van der Waals surface area contributed by atoms with Crippen molar-refractivity contribution in [3.63, 3.8) is 0 Å². The van der Waals surface area contributed by atoms with Crippen molar-refractivity contribution in [1.82, 2.24) is 4.57 Å². The lowest BCUT2D eigenvalue weighted by molar-refractivity contribution is -0.141. The van der Waals surface area contributed by atoms with E-state index in [0.717, 1.165) is 5.56 Å². The lowest BCUT2D eigenvalue weighted by Crippen LogP contribution is -2.17. The van der Waals surface area contributed by atoms with Gasteiger partial charge in [-0.05, 0) is 42.7 Å². The minimum absolute atomic E-state index is 0.338. The summed E-state index contributed by atoms with van der Waals surface area (Å²) in [5, 5.41) is 10.3. The van der Waals surface area contributed by atoms with Gasteiger partial charge in [-0.1, -0.05) is 25.1 Å². The Hall–Kier alpha value is -1.77. The molecule has 1 aromatic heterocycles. The van der Waals surface area contributed by atoms with Crippen molar-refractivity contribution >= 4 is 16.9 Å². The standard InChI is InChI=1S/C16H19NO2/c1-11(16(18)19)10-13-5-2-4-12-8-9-17(15(12)13)14-6-3-7-14/h2,4-5,8-9,11,14H,3,6-7,10H2,1H3,(H,18,19). The molecule has 1 aliphatic rings. The van der Waals surface area contributed by atoms with E-state index in [-0.39, 0.29) is 5.92 Å². The van der Waals surface area contributed by atoms with Crippen LogP contribution in [0.4, 0.5) is 0 Å². The maximum atomic E-state index is 11.1. The minimum Gasteiger partial charge on any atom is -0.481 e. The molecule has 3 heteroatoms. The first-order valence-corrected chi connectivity index (χ1v) is 6.98. The lowest BCUT2D eigenvalue weighted by atomic mass is 9.92. The number of hydrogen-bond donors (Lipinski definition) is 1. The summed E-state index contributed by atoms with van der Waals surface area (Å²) in [6.07, 6.45) is 6.55. The number of benzene rings is 1. The van der Waals surface area contributed by atoms with Gasteiger partial charge in [-0.3, -0.25) is 4.79 Å². The first-order chi connectivity index (χ1) is 9.16. The second kappa shape index (κ2) is 4.72. The Kier molecular flexibility index (Phi) is 3.05. The van der Waals surface area contributed by atoms with Crippen LogP contribution < -0.4 is 0 Å². The molecule has 19 heavy (non-hydrogen) atoms. The zero-order valence-corrected chi connectivity index (χ0v) is 11.2. The normalized spacial score (nSPS) is 17.3. The van der Waals surface area contributed by atoms with Crippen LogP contribution in [0.3, 0.4) is 0 Å². The molecule has 1 aliphatic carbocycles. The van der Waals surface area contributed by atoms with E-state index >= 15 is 0 Å². The summed E-state index contributed by atoms with van der Waals surface area (Å²) < 4.78 is 2.35. The fourth-order valence-electron chi connectivity index (χ4n) is 2.85. The Morgan fingerprint density at radius 2 is 2.21 bits per heavy atom. The average Bonchev–Trinajstić information content (AvgIpc) is 2.72. The number of hydrogen-bond acceptors (Lipinski definition) is 1. The van der Waals surface area contributed by atoms with Gasteiger partial charge in [-0.25, -0.2) is 0 Å². The van der Waals surface area contributed by atoms with Crippen LogP contribution in [0.15, 0.2) is 30.5 Å². The third-order valence-corrected chi connectivity index (χ3v) is 4.24. The van der Waals surface area contributed by atoms with E-state index in [1.807, 2.05) is 6.07 Å². The second-order valence-electron chi connectivity index (χ2n) is 5.61. The molecule has 2 aromatic rings. The Balaban J connectivity index is 2.02. The summed E-state index contributed by atoms with van der Waals surface area (Å²) in [5.74, 6) is -1.06. The van der Waals surface area contributed by atoms with Gasteiger partial charge in [0.1, 0.15) is 0 Å². The molecule has 1 unspecified atom stereocenters. The summed E-state index contributed by atoms with van der Waals surface area (Å²) in [5.41, 5.74) is 2.39. The van der Waals surface area contributed by atoms with Crippen LogP contribution in [-0.2, 0) is 11.2 Å². The first-order valence-electron chi connectivity index (χ1n) is 6.98. The van der Waals surface area contributed by atoms with E-state index in [1.54, 1.807) is 6.92 Å². The SMILES string of the molecule is CC(Cc1cccc2ccn(C3CCC3)c12)C(=O)O. The van der Waals surface area contributed by atoms with Gasteiger partial charge in [-0.15, -0.1) is 0 Å². The number of rotatable bonds is 4. The third-order valence-electron chi connectivity index (χ3n) is 4.24. The molecule has 1 aromatic carbocycles. The number of nitrogens with zero attached hydrogens (tertiary/aromatic N) is 1.